The minimum absolute atomic E-state index is 0.0336. The van der Waals surface area contributed by atoms with Gasteiger partial charge >= 0.3 is 0 Å². The van der Waals surface area contributed by atoms with Gasteiger partial charge in [0.1, 0.15) is 0 Å². The van der Waals surface area contributed by atoms with E-state index in [0.717, 1.165) is 16.7 Å². The van der Waals surface area contributed by atoms with Gasteiger partial charge in [-0.25, -0.2) is 0 Å². The van der Waals surface area contributed by atoms with Gasteiger partial charge in [0, 0.05) is 17.7 Å². The molecule has 0 spiro atoms. The number of rotatable bonds is 2. The SMILES string of the molecule is CCN1C(=O)C(=Cc2ccc3c(c2)-c2ccccc2C3=O)OC1=S. The minimum Gasteiger partial charge on any atom is -0.426 e. The Labute approximate surface area is 144 Å². The van der Waals surface area contributed by atoms with Crippen molar-refractivity contribution in [2.75, 3.05) is 6.54 Å². The third-order valence-electron chi connectivity index (χ3n) is 4.24. The molecule has 2 aliphatic rings. The molecule has 1 heterocycles. The Morgan fingerprint density at radius 2 is 1.75 bits per heavy atom. The number of ether oxygens (including phenoxy) is 1. The van der Waals surface area contributed by atoms with E-state index in [1.54, 1.807) is 12.1 Å². The Bertz CT molecular complexity index is 945. The van der Waals surface area contributed by atoms with Crippen molar-refractivity contribution in [3.8, 4) is 11.1 Å². The lowest BCUT2D eigenvalue weighted by molar-refractivity contribution is -0.122. The molecule has 0 atom stereocenters. The third kappa shape index (κ3) is 2.09. The van der Waals surface area contributed by atoms with Crippen molar-refractivity contribution in [1.82, 2.24) is 4.90 Å². The predicted molar refractivity (Wildman–Crippen MR) is 94.4 cm³/mol. The molecule has 1 amide bonds. The highest BCUT2D eigenvalue weighted by Crippen LogP contribution is 2.37. The van der Waals surface area contributed by atoms with Crippen LogP contribution in [0.25, 0.3) is 17.2 Å². The average Bonchev–Trinajstić information content (AvgIpc) is 3.02. The van der Waals surface area contributed by atoms with Gasteiger partial charge in [0.25, 0.3) is 11.1 Å². The highest BCUT2D eigenvalue weighted by molar-refractivity contribution is 7.80. The fourth-order valence-electron chi connectivity index (χ4n) is 3.06. The second-order valence-corrected chi connectivity index (χ2v) is 5.95. The van der Waals surface area contributed by atoms with Gasteiger partial charge in [-0.2, -0.15) is 0 Å². The van der Waals surface area contributed by atoms with E-state index in [9.17, 15) is 9.59 Å². The summed E-state index contributed by atoms with van der Waals surface area (Å²) < 4.78 is 5.39. The van der Waals surface area contributed by atoms with Gasteiger partial charge < -0.3 is 4.74 Å². The fourth-order valence-corrected chi connectivity index (χ4v) is 3.36. The summed E-state index contributed by atoms with van der Waals surface area (Å²) in [7, 11) is 0. The maximum absolute atomic E-state index is 12.4. The Balaban J connectivity index is 1.77. The molecule has 1 aliphatic heterocycles. The van der Waals surface area contributed by atoms with Gasteiger partial charge in [-0.1, -0.05) is 30.3 Å². The van der Waals surface area contributed by atoms with E-state index in [0.29, 0.717) is 17.7 Å². The van der Waals surface area contributed by atoms with Crippen LogP contribution in [-0.4, -0.2) is 28.3 Å². The molecule has 4 nitrogen and oxygen atoms in total. The Morgan fingerprint density at radius 3 is 2.46 bits per heavy atom. The number of likely N-dealkylation sites (N-methyl/N-ethyl adjacent to an activating group) is 1. The molecule has 0 aromatic heterocycles. The number of hydrogen-bond donors (Lipinski definition) is 0. The number of benzene rings is 2. The zero-order valence-electron chi connectivity index (χ0n) is 12.9. The zero-order valence-corrected chi connectivity index (χ0v) is 13.7. The largest absolute Gasteiger partial charge is 0.426 e. The molecule has 1 aliphatic carbocycles. The first-order valence-electron chi connectivity index (χ1n) is 7.63. The summed E-state index contributed by atoms with van der Waals surface area (Å²) in [5, 5.41) is 0.176. The number of nitrogens with zero attached hydrogens (tertiary/aromatic N) is 1. The summed E-state index contributed by atoms with van der Waals surface area (Å²) in [5.74, 6) is 0.00483. The van der Waals surface area contributed by atoms with Gasteiger partial charge in [0.05, 0.1) is 0 Å². The first kappa shape index (κ1) is 14.8. The van der Waals surface area contributed by atoms with Crippen LogP contribution in [0.3, 0.4) is 0 Å². The van der Waals surface area contributed by atoms with Crippen molar-refractivity contribution in [1.29, 1.82) is 0 Å². The molecule has 1 saturated heterocycles. The second kappa shape index (κ2) is 5.39. The molecule has 0 saturated carbocycles. The van der Waals surface area contributed by atoms with Gasteiger partial charge in [0.2, 0.25) is 0 Å². The summed E-state index contributed by atoms with van der Waals surface area (Å²) in [6, 6.07) is 13.0. The van der Waals surface area contributed by atoms with Gasteiger partial charge in [-0.15, -0.1) is 0 Å². The van der Waals surface area contributed by atoms with Crippen LogP contribution < -0.4 is 0 Å². The first-order chi connectivity index (χ1) is 11.6. The fraction of sp³-hybridized carbons (Fsp3) is 0.105. The molecule has 0 radical (unpaired) electrons. The normalized spacial score (nSPS) is 17.3. The van der Waals surface area contributed by atoms with E-state index in [1.807, 2.05) is 43.3 Å². The van der Waals surface area contributed by atoms with E-state index in [1.165, 1.54) is 4.90 Å². The van der Waals surface area contributed by atoms with Gasteiger partial charge in [0.15, 0.2) is 11.5 Å². The van der Waals surface area contributed by atoms with Crippen molar-refractivity contribution in [2.45, 2.75) is 6.92 Å². The molecule has 118 valence electrons. The monoisotopic (exact) mass is 335 g/mol. The molecule has 0 unspecified atom stereocenters. The Kier molecular flexibility index (Phi) is 3.32. The number of fused-ring (bicyclic) bond motifs is 3. The Hall–Kier alpha value is -2.79. The lowest BCUT2D eigenvalue weighted by Gasteiger charge is -2.06. The second-order valence-electron chi connectivity index (χ2n) is 5.61. The van der Waals surface area contributed by atoms with Crippen LogP contribution in [0.2, 0.25) is 0 Å². The van der Waals surface area contributed by atoms with Crippen LogP contribution in [0, 0.1) is 0 Å². The van der Waals surface area contributed by atoms with Crippen molar-refractivity contribution < 1.29 is 14.3 Å². The molecule has 0 N–H and O–H groups in total. The van der Waals surface area contributed by atoms with Crippen LogP contribution in [0.15, 0.2) is 48.2 Å². The van der Waals surface area contributed by atoms with Crippen molar-refractivity contribution in [3.63, 3.8) is 0 Å². The standard InChI is InChI=1S/C19H13NO3S/c1-2-20-18(22)16(23-19(20)24)10-11-7-8-14-15(9-11)12-5-3-4-6-13(12)17(14)21/h3-10H,2H2,1H3. The van der Waals surface area contributed by atoms with Gasteiger partial charge in [-0.3, -0.25) is 14.5 Å². The number of hydrogen-bond acceptors (Lipinski definition) is 4. The van der Waals surface area contributed by atoms with Crippen LogP contribution in [0.1, 0.15) is 28.4 Å². The van der Waals surface area contributed by atoms with Crippen LogP contribution in [0.5, 0.6) is 0 Å². The van der Waals surface area contributed by atoms with Crippen molar-refractivity contribution >= 4 is 35.2 Å². The topological polar surface area (TPSA) is 46.6 Å². The van der Waals surface area contributed by atoms with E-state index in [2.05, 4.69) is 0 Å². The number of amides is 1. The molecule has 5 heteroatoms. The van der Waals surface area contributed by atoms with E-state index >= 15 is 0 Å². The maximum atomic E-state index is 12.4. The first-order valence-corrected chi connectivity index (χ1v) is 8.04. The molecule has 2 aromatic rings. The van der Waals surface area contributed by atoms with Crippen molar-refractivity contribution in [3.05, 3.63) is 64.9 Å². The molecular weight excluding hydrogens is 322 g/mol. The highest BCUT2D eigenvalue weighted by atomic mass is 32.1. The zero-order chi connectivity index (χ0) is 16.8. The maximum Gasteiger partial charge on any atom is 0.297 e. The molecule has 1 fully saturated rings. The highest BCUT2D eigenvalue weighted by Gasteiger charge is 2.32. The number of carbonyl (C=O) groups excluding carboxylic acids is 2. The quantitative estimate of drug-likeness (QED) is 0.532. The summed E-state index contributed by atoms with van der Waals surface area (Å²) in [5.41, 5.74) is 3.99. The van der Waals surface area contributed by atoms with Crippen LogP contribution in [0.4, 0.5) is 0 Å². The minimum atomic E-state index is -0.237. The molecule has 2 aromatic carbocycles. The van der Waals surface area contributed by atoms with E-state index < -0.39 is 0 Å². The number of carbonyl (C=O) groups is 2. The molecule has 0 bridgehead atoms. The summed E-state index contributed by atoms with van der Waals surface area (Å²) in [6.45, 7) is 2.31. The Morgan fingerprint density at radius 1 is 1.04 bits per heavy atom. The lowest BCUT2D eigenvalue weighted by atomic mass is 10.0. The smallest absolute Gasteiger partial charge is 0.297 e. The molecule has 4 rings (SSSR count). The van der Waals surface area contributed by atoms with E-state index in [4.69, 9.17) is 17.0 Å². The van der Waals surface area contributed by atoms with Crippen LogP contribution >= 0.6 is 12.2 Å². The molecular formula is C19H13NO3S. The number of ketones is 1. The summed E-state index contributed by atoms with van der Waals surface area (Å²) in [4.78, 5) is 26.0. The van der Waals surface area contributed by atoms with Crippen molar-refractivity contribution in [2.24, 2.45) is 0 Å². The summed E-state index contributed by atoms with van der Waals surface area (Å²) in [6.07, 6.45) is 1.66. The average molecular weight is 335 g/mol. The number of thiocarbonyl (C=S) groups is 1. The third-order valence-corrected chi connectivity index (χ3v) is 4.54. The summed E-state index contributed by atoms with van der Waals surface area (Å²) >= 11 is 5.05. The van der Waals surface area contributed by atoms with E-state index in [-0.39, 0.29) is 22.6 Å². The van der Waals surface area contributed by atoms with Crippen LogP contribution in [-0.2, 0) is 9.53 Å². The van der Waals surface area contributed by atoms with Gasteiger partial charge in [-0.05, 0) is 54.0 Å². The molecule has 24 heavy (non-hydrogen) atoms. The predicted octanol–water partition coefficient (Wildman–Crippen LogP) is 3.40. The lowest BCUT2D eigenvalue weighted by Crippen LogP contribution is -2.27.